The van der Waals surface area contributed by atoms with Gasteiger partial charge in [-0.25, -0.2) is 9.37 Å². The minimum absolute atomic E-state index is 0.122. The Balaban J connectivity index is 1.64. The molecule has 5 nitrogen and oxygen atoms in total. The van der Waals surface area contributed by atoms with Crippen molar-refractivity contribution in [2.24, 2.45) is 0 Å². The largest absolute Gasteiger partial charge is 0.390 e. The van der Waals surface area contributed by atoms with Crippen molar-refractivity contribution in [3.8, 4) is 11.1 Å². The summed E-state index contributed by atoms with van der Waals surface area (Å²) in [6.07, 6.45) is 3.90. The van der Waals surface area contributed by atoms with Gasteiger partial charge in [-0.15, -0.1) is 0 Å². The van der Waals surface area contributed by atoms with Crippen molar-refractivity contribution in [2.45, 2.75) is 51.3 Å². The summed E-state index contributed by atoms with van der Waals surface area (Å²) in [6.45, 7) is 10.7. The van der Waals surface area contributed by atoms with Crippen molar-refractivity contribution >= 4 is 11.3 Å². The molecule has 0 unspecified atom stereocenters. The summed E-state index contributed by atoms with van der Waals surface area (Å²) in [5, 5.41) is 10.5. The van der Waals surface area contributed by atoms with Crippen LogP contribution in [0.4, 0.5) is 4.39 Å². The SMILES string of the molecule is C=C(c1ccc(-c2cccn3c(=O)cc(C(C)(C)F)nc23)cc1)N1CCC(O)(CC)CC1. The topological polar surface area (TPSA) is 57.8 Å². The van der Waals surface area contributed by atoms with E-state index in [0.29, 0.717) is 5.65 Å². The first-order valence-corrected chi connectivity index (χ1v) is 11.1. The number of nitrogens with zero attached hydrogens (tertiary/aromatic N) is 3. The van der Waals surface area contributed by atoms with Gasteiger partial charge in [-0.3, -0.25) is 9.20 Å². The molecular formula is C26H30FN3O2. The molecular weight excluding hydrogens is 405 g/mol. The quantitative estimate of drug-likeness (QED) is 0.627. The van der Waals surface area contributed by atoms with E-state index in [4.69, 9.17) is 0 Å². The second kappa shape index (κ2) is 8.17. The number of piperidine rings is 1. The van der Waals surface area contributed by atoms with Crippen LogP contribution < -0.4 is 5.56 Å². The van der Waals surface area contributed by atoms with Crippen LogP contribution in [0.1, 0.15) is 51.3 Å². The lowest BCUT2D eigenvalue weighted by atomic mass is 9.88. The number of likely N-dealkylation sites (tertiary alicyclic amines) is 1. The molecule has 0 radical (unpaired) electrons. The fourth-order valence-electron chi connectivity index (χ4n) is 4.23. The van der Waals surface area contributed by atoms with Crippen LogP contribution in [0, 0.1) is 0 Å². The number of halogens is 1. The lowest BCUT2D eigenvalue weighted by Crippen LogP contribution is -2.42. The van der Waals surface area contributed by atoms with Gasteiger partial charge in [0.05, 0.1) is 11.3 Å². The molecule has 1 aromatic carbocycles. The number of alkyl halides is 1. The highest BCUT2D eigenvalue weighted by molar-refractivity contribution is 5.78. The summed E-state index contributed by atoms with van der Waals surface area (Å²) in [5.41, 5.74) is 1.57. The van der Waals surface area contributed by atoms with E-state index in [-0.39, 0.29) is 11.3 Å². The summed E-state index contributed by atoms with van der Waals surface area (Å²) in [7, 11) is 0. The Bertz CT molecular complexity index is 1200. The second-order valence-electron chi connectivity index (χ2n) is 9.16. The van der Waals surface area contributed by atoms with Crippen LogP contribution in [0.25, 0.3) is 22.5 Å². The molecule has 0 bridgehead atoms. The van der Waals surface area contributed by atoms with E-state index in [1.807, 2.05) is 37.3 Å². The number of hydrogen-bond donors (Lipinski definition) is 1. The monoisotopic (exact) mass is 435 g/mol. The molecule has 0 atom stereocenters. The van der Waals surface area contributed by atoms with Gasteiger partial charge in [-0.2, -0.15) is 0 Å². The maximum atomic E-state index is 14.5. The smallest absolute Gasteiger partial charge is 0.258 e. The highest BCUT2D eigenvalue weighted by Gasteiger charge is 2.31. The van der Waals surface area contributed by atoms with Gasteiger partial charge in [0.2, 0.25) is 0 Å². The van der Waals surface area contributed by atoms with E-state index in [0.717, 1.165) is 54.7 Å². The Morgan fingerprint density at radius 3 is 2.47 bits per heavy atom. The van der Waals surface area contributed by atoms with E-state index in [2.05, 4.69) is 16.5 Å². The van der Waals surface area contributed by atoms with Crippen LogP contribution >= 0.6 is 0 Å². The number of aromatic nitrogens is 2. The van der Waals surface area contributed by atoms with Gasteiger partial charge in [-0.1, -0.05) is 37.8 Å². The lowest BCUT2D eigenvalue weighted by Gasteiger charge is -2.39. The van der Waals surface area contributed by atoms with Gasteiger partial charge in [0.25, 0.3) is 5.56 Å². The molecule has 1 aliphatic heterocycles. The molecule has 3 heterocycles. The van der Waals surface area contributed by atoms with E-state index >= 15 is 0 Å². The zero-order chi connectivity index (χ0) is 23.1. The Morgan fingerprint density at radius 1 is 1.22 bits per heavy atom. The van der Waals surface area contributed by atoms with E-state index < -0.39 is 11.3 Å². The third kappa shape index (κ3) is 4.19. The molecule has 0 saturated carbocycles. The fraction of sp³-hybridized carbons (Fsp3) is 0.385. The molecule has 3 aromatic rings. The fourth-order valence-corrected chi connectivity index (χ4v) is 4.23. The van der Waals surface area contributed by atoms with Crippen molar-refractivity contribution in [3.05, 3.63) is 76.9 Å². The third-order valence-electron chi connectivity index (χ3n) is 6.56. The predicted molar refractivity (Wildman–Crippen MR) is 126 cm³/mol. The summed E-state index contributed by atoms with van der Waals surface area (Å²) < 4.78 is 16.0. The molecule has 1 saturated heterocycles. The van der Waals surface area contributed by atoms with Gasteiger partial charge in [0, 0.05) is 36.6 Å². The van der Waals surface area contributed by atoms with Crippen molar-refractivity contribution in [2.75, 3.05) is 13.1 Å². The van der Waals surface area contributed by atoms with E-state index in [9.17, 15) is 14.3 Å². The Morgan fingerprint density at radius 2 is 1.88 bits per heavy atom. The second-order valence-corrected chi connectivity index (χ2v) is 9.16. The van der Waals surface area contributed by atoms with Gasteiger partial charge in [0.15, 0.2) is 0 Å². The van der Waals surface area contributed by atoms with Gasteiger partial charge >= 0.3 is 0 Å². The van der Waals surface area contributed by atoms with E-state index in [1.165, 1.54) is 24.3 Å². The zero-order valence-electron chi connectivity index (χ0n) is 18.9. The molecule has 1 N–H and O–H groups in total. The minimum Gasteiger partial charge on any atom is -0.390 e. The molecule has 1 aliphatic rings. The number of aliphatic hydroxyl groups is 1. The van der Waals surface area contributed by atoms with Crippen LogP contribution in [0.3, 0.4) is 0 Å². The maximum absolute atomic E-state index is 14.5. The summed E-state index contributed by atoms with van der Waals surface area (Å²) >= 11 is 0. The minimum atomic E-state index is -1.71. The van der Waals surface area contributed by atoms with E-state index in [1.54, 1.807) is 12.3 Å². The molecule has 0 spiro atoms. The van der Waals surface area contributed by atoms with Gasteiger partial charge in [-0.05, 0) is 56.4 Å². The predicted octanol–water partition coefficient (Wildman–Crippen LogP) is 4.77. The molecule has 168 valence electrons. The zero-order valence-corrected chi connectivity index (χ0v) is 18.9. The van der Waals surface area contributed by atoms with Crippen LogP contribution in [0.15, 0.2) is 60.0 Å². The van der Waals surface area contributed by atoms with Crippen LogP contribution in [0.5, 0.6) is 0 Å². The van der Waals surface area contributed by atoms with Gasteiger partial charge < -0.3 is 10.0 Å². The normalized spacial score (nSPS) is 16.3. The number of rotatable bonds is 5. The van der Waals surface area contributed by atoms with Crippen molar-refractivity contribution in [3.63, 3.8) is 0 Å². The first-order valence-electron chi connectivity index (χ1n) is 11.1. The summed E-state index contributed by atoms with van der Waals surface area (Å²) in [4.78, 5) is 19.2. The molecule has 32 heavy (non-hydrogen) atoms. The molecule has 4 rings (SSSR count). The molecule has 1 fully saturated rings. The Hall–Kier alpha value is -2.99. The van der Waals surface area contributed by atoms with Crippen molar-refractivity contribution < 1.29 is 9.50 Å². The number of fused-ring (bicyclic) bond motifs is 1. The van der Waals surface area contributed by atoms with Crippen LogP contribution in [-0.4, -0.2) is 38.1 Å². The Labute approximate surface area is 187 Å². The number of pyridine rings is 1. The lowest BCUT2D eigenvalue weighted by molar-refractivity contribution is -0.0122. The highest BCUT2D eigenvalue weighted by Crippen LogP contribution is 2.31. The molecule has 2 aromatic heterocycles. The standard InChI is InChI=1S/C26H30FN3O2/c1-5-26(32)12-15-29(16-13-26)18(2)19-8-10-20(11-9-19)21-7-6-14-30-23(31)17-22(25(3,4)27)28-24(21)30/h6-11,14,17,32H,2,5,12-13,15-16H2,1,3-4H3. The first-order chi connectivity index (χ1) is 15.1. The number of hydrogen-bond acceptors (Lipinski definition) is 4. The maximum Gasteiger partial charge on any atom is 0.258 e. The third-order valence-corrected chi connectivity index (χ3v) is 6.56. The molecule has 6 heteroatoms. The summed E-state index contributed by atoms with van der Waals surface area (Å²) in [5.74, 6) is 0. The van der Waals surface area contributed by atoms with Crippen molar-refractivity contribution in [1.82, 2.24) is 14.3 Å². The van der Waals surface area contributed by atoms with Crippen LogP contribution in [0.2, 0.25) is 0 Å². The average Bonchev–Trinajstić information content (AvgIpc) is 2.78. The summed E-state index contributed by atoms with van der Waals surface area (Å²) in [6, 6.07) is 12.9. The Kier molecular flexibility index (Phi) is 5.67. The molecule has 0 amide bonds. The first kappa shape index (κ1) is 22.2. The molecule has 0 aliphatic carbocycles. The van der Waals surface area contributed by atoms with Crippen LogP contribution in [-0.2, 0) is 5.67 Å². The highest BCUT2D eigenvalue weighted by atomic mass is 19.1. The van der Waals surface area contributed by atoms with Crippen molar-refractivity contribution in [1.29, 1.82) is 0 Å². The van der Waals surface area contributed by atoms with Gasteiger partial charge in [0.1, 0.15) is 11.3 Å². The number of benzene rings is 1. The average molecular weight is 436 g/mol.